The molecule has 10 heteroatoms. The molecule has 0 fully saturated rings. The van der Waals surface area contributed by atoms with Gasteiger partial charge in [-0.3, -0.25) is 9.59 Å². The molecule has 1 atom stereocenters. The summed E-state index contributed by atoms with van der Waals surface area (Å²) in [5, 5.41) is 9.34. The van der Waals surface area contributed by atoms with Crippen LogP contribution in [0.2, 0.25) is 10.0 Å². The summed E-state index contributed by atoms with van der Waals surface area (Å²) >= 11 is 13.0. The van der Waals surface area contributed by atoms with Crippen LogP contribution in [0.5, 0.6) is 5.75 Å². The molecule has 1 N–H and O–H groups in total. The van der Waals surface area contributed by atoms with Gasteiger partial charge in [-0.25, -0.2) is 9.59 Å². The van der Waals surface area contributed by atoms with Crippen molar-refractivity contribution in [2.75, 3.05) is 13.2 Å². The van der Waals surface area contributed by atoms with E-state index >= 15 is 0 Å². The summed E-state index contributed by atoms with van der Waals surface area (Å²) < 4.78 is 15.6. The van der Waals surface area contributed by atoms with Crippen molar-refractivity contribution >= 4 is 52.5 Å². The van der Waals surface area contributed by atoms with Crippen LogP contribution in [-0.4, -0.2) is 47.6 Å². The average molecular weight is 499 g/mol. The molecular formula is C23H24Cl2O8. The topological polar surface area (TPSA) is 116 Å². The molecule has 0 bridgehead atoms. The normalized spacial score (nSPS) is 19.3. The second-order valence-corrected chi connectivity index (χ2v) is 9.44. The number of hydrogen-bond acceptors (Lipinski definition) is 7. The number of allylic oxidation sites excluding steroid dienone is 2. The predicted molar refractivity (Wildman–Crippen MR) is 119 cm³/mol. The predicted octanol–water partition coefficient (Wildman–Crippen LogP) is 4.02. The van der Waals surface area contributed by atoms with Crippen molar-refractivity contribution in [1.29, 1.82) is 0 Å². The van der Waals surface area contributed by atoms with Gasteiger partial charge in [0, 0.05) is 24.3 Å². The monoisotopic (exact) mass is 498 g/mol. The number of aliphatic carboxylic acids is 1. The van der Waals surface area contributed by atoms with Gasteiger partial charge in [0.1, 0.15) is 10.8 Å². The lowest BCUT2D eigenvalue weighted by Gasteiger charge is -2.33. The molecule has 0 saturated carbocycles. The maximum atomic E-state index is 12.2. The fourth-order valence-corrected chi connectivity index (χ4v) is 4.71. The first-order valence-corrected chi connectivity index (χ1v) is 11.1. The van der Waals surface area contributed by atoms with Crippen LogP contribution in [0.3, 0.4) is 0 Å². The zero-order valence-corrected chi connectivity index (χ0v) is 20.0. The Hall–Kier alpha value is -2.58. The highest BCUT2D eigenvalue weighted by Gasteiger charge is 2.46. The summed E-state index contributed by atoms with van der Waals surface area (Å²) in [5.74, 6) is -2.42. The van der Waals surface area contributed by atoms with Crippen LogP contribution in [-0.2, 0) is 35.1 Å². The Bertz CT molecular complexity index is 1060. The van der Waals surface area contributed by atoms with Gasteiger partial charge < -0.3 is 19.3 Å². The zero-order chi connectivity index (χ0) is 24.6. The quantitative estimate of drug-likeness (QED) is 0.534. The maximum absolute atomic E-state index is 12.2. The van der Waals surface area contributed by atoms with Crippen molar-refractivity contribution in [3.05, 3.63) is 33.3 Å². The minimum Gasteiger partial charge on any atom is -0.480 e. The van der Waals surface area contributed by atoms with Crippen molar-refractivity contribution in [3.8, 4) is 5.75 Å². The van der Waals surface area contributed by atoms with Crippen LogP contribution in [0.1, 0.15) is 51.2 Å². The van der Waals surface area contributed by atoms with E-state index in [2.05, 4.69) is 0 Å². The van der Waals surface area contributed by atoms with Crippen LogP contribution in [0.15, 0.2) is 12.1 Å². The van der Waals surface area contributed by atoms with Crippen LogP contribution in [0, 0.1) is 5.41 Å². The number of benzene rings is 1. The number of carbonyl (C=O) groups excluding carboxylic acids is 3. The van der Waals surface area contributed by atoms with E-state index in [1.165, 1.54) is 20.8 Å². The minimum atomic E-state index is -1.71. The molecule has 0 aromatic heterocycles. The number of rotatable bonds is 8. The summed E-state index contributed by atoms with van der Waals surface area (Å²) in [6, 6.07) is 1.66. The Balaban J connectivity index is 1.86. The fraction of sp³-hybridized carbons (Fsp3) is 0.478. The van der Waals surface area contributed by atoms with E-state index in [1.54, 1.807) is 12.1 Å². The summed E-state index contributed by atoms with van der Waals surface area (Å²) in [6.07, 6.45) is 3.58. The molecule has 3 rings (SSSR count). The number of esters is 2. The number of ether oxygens (including phenoxy) is 3. The van der Waals surface area contributed by atoms with E-state index in [-0.39, 0.29) is 34.2 Å². The highest BCUT2D eigenvalue weighted by molar-refractivity contribution is 6.44. The molecule has 2 aliphatic rings. The third-order valence-corrected chi connectivity index (χ3v) is 6.75. The van der Waals surface area contributed by atoms with E-state index in [9.17, 15) is 19.2 Å². The second kappa shape index (κ2) is 9.35. The van der Waals surface area contributed by atoms with Crippen molar-refractivity contribution in [2.24, 2.45) is 5.41 Å². The van der Waals surface area contributed by atoms with Gasteiger partial charge in [-0.05, 0) is 56.4 Å². The van der Waals surface area contributed by atoms with Crippen molar-refractivity contribution in [3.63, 3.8) is 0 Å². The highest BCUT2D eigenvalue weighted by atomic mass is 35.5. The molecule has 1 aromatic carbocycles. The molecule has 0 amide bonds. The Kier molecular flexibility index (Phi) is 7.10. The summed E-state index contributed by atoms with van der Waals surface area (Å²) in [7, 11) is 0. The molecule has 2 aliphatic carbocycles. The SMILES string of the molecule is CC(=O)OCCC12CCC(=O)C=C1c1c(cc(OCC(=O)OC(C)(C)C(=O)O)c(Cl)c1Cl)C2. The number of halogens is 2. The molecular weight excluding hydrogens is 475 g/mol. The molecule has 1 aromatic rings. The van der Waals surface area contributed by atoms with Gasteiger partial charge in [0.25, 0.3) is 0 Å². The van der Waals surface area contributed by atoms with Gasteiger partial charge in [0.2, 0.25) is 5.60 Å². The van der Waals surface area contributed by atoms with Crippen molar-refractivity contribution < 1.29 is 38.5 Å². The number of carbonyl (C=O) groups is 4. The molecule has 1 unspecified atom stereocenters. The van der Waals surface area contributed by atoms with E-state index in [4.69, 9.17) is 42.5 Å². The number of ketones is 1. The fourth-order valence-electron chi connectivity index (χ4n) is 4.19. The molecule has 0 heterocycles. The largest absolute Gasteiger partial charge is 0.480 e. The summed E-state index contributed by atoms with van der Waals surface area (Å²) in [5.41, 5.74) is 0.0776. The third kappa shape index (κ3) is 5.17. The van der Waals surface area contributed by atoms with Crippen LogP contribution in [0.25, 0.3) is 5.57 Å². The lowest BCUT2D eigenvalue weighted by molar-refractivity contribution is -0.175. The molecule has 178 valence electrons. The lowest BCUT2D eigenvalue weighted by atomic mass is 9.70. The molecule has 0 saturated heterocycles. The Morgan fingerprint density at radius 2 is 1.91 bits per heavy atom. The third-order valence-electron chi connectivity index (χ3n) is 5.90. The number of hydrogen-bond donors (Lipinski definition) is 1. The Labute approximate surface area is 200 Å². The van der Waals surface area contributed by atoms with Crippen LogP contribution < -0.4 is 4.74 Å². The first-order chi connectivity index (χ1) is 15.4. The average Bonchev–Trinajstić information content (AvgIpc) is 3.02. The second-order valence-electron chi connectivity index (χ2n) is 8.69. The Morgan fingerprint density at radius 1 is 1.21 bits per heavy atom. The molecule has 0 aliphatic heterocycles. The number of fused-ring (bicyclic) bond motifs is 3. The van der Waals surface area contributed by atoms with Gasteiger partial charge in [-0.15, -0.1) is 0 Å². The first kappa shape index (κ1) is 25.1. The molecule has 8 nitrogen and oxygen atoms in total. The minimum absolute atomic E-state index is 0.0164. The highest BCUT2D eigenvalue weighted by Crippen LogP contribution is 2.57. The molecule has 0 radical (unpaired) electrons. The van der Waals surface area contributed by atoms with Gasteiger partial charge in [0.05, 0.1) is 11.6 Å². The zero-order valence-electron chi connectivity index (χ0n) is 18.5. The standard InChI is InChI=1S/C23H24Cl2O8/c1-12(26)31-7-6-23-5-4-14(27)9-15(23)18-13(10-23)8-16(19(24)20(18)25)32-11-17(28)33-22(2,3)21(29)30/h8-9H,4-7,10-11H2,1-3H3,(H,29,30). The lowest BCUT2D eigenvalue weighted by Crippen LogP contribution is -2.38. The van der Waals surface area contributed by atoms with Gasteiger partial charge in [0.15, 0.2) is 12.4 Å². The van der Waals surface area contributed by atoms with E-state index in [0.717, 1.165) is 11.1 Å². The number of carboxylic acids is 1. The van der Waals surface area contributed by atoms with Gasteiger partial charge >= 0.3 is 17.9 Å². The summed E-state index contributed by atoms with van der Waals surface area (Å²) in [4.78, 5) is 46.6. The van der Waals surface area contributed by atoms with E-state index < -0.39 is 29.6 Å². The van der Waals surface area contributed by atoms with Gasteiger partial charge in [-0.1, -0.05) is 23.2 Å². The number of carboxylic acid groups (broad SMARTS) is 1. The van der Waals surface area contributed by atoms with Crippen molar-refractivity contribution in [1.82, 2.24) is 0 Å². The van der Waals surface area contributed by atoms with E-state index in [0.29, 0.717) is 31.2 Å². The Morgan fingerprint density at radius 3 is 2.55 bits per heavy atom. The molecule has 33 heavy (non-hydrogen) atoms. The smallest absolute Gasteiger partial charge is 0.347 e. The van der Waals surface area contributed by atoms with Crippen LogP contribution in [0.4, 0.5) is 0 Å². The van der Waals surface area contributed by atoms with Crippen LogP contribution >= 0.6 is 23.2 Å². The summed E-state index contributed by atoms with van der Waals surface area (Å²) in [6.45, 7) is 3.47. The van der Waals surface area contributed by atoms with E-state index in [1.807, 2.05) is 0 Å². The maximum Gasteiger partial charge on any atom is 0.347 e. The van der Waals surface area contributed by atoms with Gasteiger partial charge in [-0.2, -0.15) is 0 Å². The first-order valence-electron chi connectivity index (χ1n) is 10.3. The van der Waals surface area contributed by atoms with Crippen molar-refractivity contribution in [2.45, 2.75) is 52.1 Å². The molecule has 0 spiro atoms.